The lowest BCUT2D eigenvalue weighted by Gasteiger charge is -2.09. The van der Waals surface area contributed by atoms with Crippen LogP contribution in [0.4, 0.5) is 0 Å². The smallest absolute Gasteiger partial charge is 0.123 e. The third kappa shape index (κ3) is 4.06. The molecule has 0 saturated carbocycles. The second-order valence-corrected chi connectivity index (χ2v) is 4.77. The molecule has 0 saturated heterocycles. The molecule has 22 heavy (non-hydrogen) atoms. The first-order valence-corrected chi connectivity index (χ1v) is 7.03. The average Bonchev–Trinajstić information content (AvgIpc) is 2.60. The van der Waals surface area contributed by atoms with Gasteiger partial charge in [-0.1, -0.05) is 18.2 Å². The van der Waals surface area contributed by atoms with Crippen LogP contribution in [0.25, 0.3) is 0 Å². The van der Waals surface area contributed by atoms with E-state index in [1.807, 2.05) is 48.5 Å². The second kappa shape index (κ2) is 7.22. The fourth-order valence-corrected chi connectivity index (χ4v) is 1.95. The van der Waals surface area contributed by atoms with Gasteiger partial charge in [-0.3, -0.25) is 9.97 Å². The van der Waals surface area contributed by atoms with Crippen molar-refractivity contribution in [2.24, 2.45) is 0 Å². The zero-order valence-corrected chi connectivity index (χ0v) is 12.1. The van der Waals surface area contributed by atoms with E-state index >= 15 is 0 Å². The van der Waals surface area contributed by atoms with Crippen LogP contribution in [0.2, 0.25) is 0 Å². The van der Waals surface area contributed by atoms with Gasteiger partial charge in [-0.15, -0.1) is 0 Å². The molecule has 4 heteroatoms. The summed E-state index contributed by atoms with van der Waals surface area (Å²) in [5.41, 5.74) is 2.06. The lowest BCUT2D eigenvalue weighted by Crippen LogP contribution is -1.98. The van der Waals surface area contributed by atoms with Crippen LogP contribution < -0.4 is 9.47 Å². The van der Waals surface area contributed by atoms with Crippen molar-refractivity contribution < 1.29 is 9.47 Å². The van der Waals surface area contributed by atoms with Gasteiger partial charge in [0.05, 0.1) is 0 Å². The molecule has 3 aromatic rings. The highest BCUT2D eigenvalue weighted by atomic mass is 16.5. The molecule has 3 rings (SSSR count). The molecule has 0 bridgehead atoms. The Balaban J connectivity index is 1.58. The van der Waals surface area contributed by atoms with Crippen molar-refractivity contribution in [3.63, 3.8) is 0 Å². The van der Waals surface area contributed by atoms with Crippen LogP contribution in [-0.4, -0.2) is 9.97 Å². The normalized spacial score (nSPS) is 10.2. The third-order valence-corrected chi connectivity index (χ3v) is 3.06. The Morgan fingerprint density at radius 3 is 1.68 bits per heavy atom. The zero-order chi connectivity index (χ0) is 15.0. The highest BCUT2D eigenvalue weighted by Crippen LogP contribution is 2.21. The monoisotopic (exact) mass is 292 g/mol. The number of benzene rings is 1. The zero-order valence-electron chi connectivity index (χ0n) is 12.1. The Labute approximate surface area is 129 Å². The summed E-state index contributed by atoms with van der Waals surface area (Å²) in [4.78, 5) is 8.13. The van der Waals surface area contributed by atoms with Gasteiger partial charge in [0.2, 0.25) is 0 Å². The van der Waals surface area contributed by atoms with Crippen LogP contribution in [-0.2, 0) is 13.2 Å². The molecule has 0 aliphatic heterocycles. The highest BCUT2D eigenvalue weighted by Gasteiger charge is 2.00. The van der Waals surface area contributed by atoms with Gasteiger partial charge in [-0.05, 0) is 24.3 Å². The van der Waals surface area contributed by atoms with Gasteiger partial charge in [-0.25, -0.2) is 0 Å². The summed E-state index contributed by atoms with van der Waals surface area (Å²) in [6, 6.07) is 15.4. The van der Waals surface area contributed by atoms with Gasteiger partial charge in [0.25, 0.3) is 0 Å². The van der Waals surface area contributed by atoms with Crippen molar-refractivity contribution >= 4 is 0 Å². The molecule has 0 N–H and O–H groups in total. The van der Waals surface area contributed by atoms with E-state index in [9.17, 15) is 0 Å². The van der Waals surface area contributed by atoms with E-state index in [1.165, 1.54) is 0 Å². The maximum atomic E-state index is 5.75. The standard InChI is InChI=1S/C18H16N2O2/c1-6-17(21-13-15-4-2-8-19-11-15)10-18(7-1)22-14-16-5-3-9-20-12-16/h1-12H,13-14H2. The Kier molecular flexibility index (Phi) is 4.62. The second-order valence-electron chi connectivity index (χ2n) is 4.77. The van der Waals surface area contributed by atoms with Crippen molar-refractivity contribution in [3.05, 3.63) is 84.4 Å². The number of ether oxygens (including phenoxy) is 2. The van der Waals surface area contributed by atoms with E-state index in [0.717, 1.165) is 22.6 Å². The molecule has 1 aromatic carbocycles. The minimum Gasteiger partial charge on any atom is -0.489 e. The van der Waals surface area contributed by atoms with Gasteiger partial charge in [0.1, 0.15) is 24.7 Å². The molecule has 0 unspecified atom stereocenters. The third-order valence-electron chi connectivity index (χ3n) is 3.06. The van der Waals surface area contributed by atoms with Crippen molar-refractivity contribution in [2.45, 2.75) is 13.2 Å². The van der Waals surface area contributed by atoms with Crippen LogP contribution in [0, 0.1) is 0 Å². The lowest BCUT2D eigenvalue weighted by atomic mass is 10.3. The lowest BCUT2D eigenvalue weighted by molar-refractivity contribution is 0.289. The molecule has 0 spiro atoms. The fraction of sp³-hybridized carbons (Fsp3) is 0.111. The molecule has 0 aliphatic rings. The van der Waals surface area contributed by atoms with Crippen LogP contribution in [0.3, 0.4) is 0 Å². The van der Waals surface area contributed by atoms with Gasteiger partial charge in [0, 0.05) is 42.0 Å². The number of hydrogen-bond acceptors (Lipinski definition) is 4. The Morgan fingerprint density at radius 1 is 0.682 bits per heavy atom. The van der Waals surface area contributed by atoms with Crippen LogP contribution >= 0.6 is 0 Å². The minimum absolute atomic E-state index is 0.486. The van der Waals surface area contributed by atoms with Crippen LogP contribution in [0.5, 0.6) is 11.5 Å². The van der Waals surface area contributed by atoms with Crippen molar-refractivity contribution in [1.82, 2.24) is 9.97 Å². The Morgan fingerprint density at radius 2 is 1.23 bits per heavy atom. The maximum Gasteiger partial charge on any atom is 0.123 e. The Hall–Kier alpha value is -2.88. The van der Waals surface area contributed by atoms with Crippen molar-refractivity contribution in [1.29, 1.82) is 0 Å². The first-order chi connectivity index (χ1) is 10.9. The molecule has 0 fully saturated rings. The molecule has 0 atom stereocenters. The molecular weight excluding hydrogens is 276 g/mol. The number of rotatable bonds is 6. The molecule has 4 nitrogen and oxygen atoms in total. The van der Waals surface area contributed by atoms with E-state index in [4.69, 9.17) is 9.47 Å². The van der Waals surface area contributed by atoms with E-state index < -0.39 is 0 Å². The summed E-state index contributed by atoms with van der Waals surface area (Å²) in [5, 5.41) is 0. The van der Waals surface area contributed by atoms with E-state index in [0.29, 0.717) is 13.2 Å². The number of pyridine rings is 2. The maximum absolute atomic E-state index is 5.75. The van der Waals surface area contributed by atoms with Gasteiger partial charge in [-0.2, -0.15) is 0 Å². The molecule has 0 aliphatic carbocycles. The number of nitrogens with zero attached hydrogens (tertiary/aromatic N) is 2. The van der Waals surface area contributed by atoms with Crippen molar-refractivity contribution in [3.8, 4) is 11.5 Å². The Bertz CT molecular complexity index is 644. The summed E-state index contributed by atoms with van der Waals surface area (Å²) in [6.45, 7) is 0.972. The van der Waals surface area contributed by atoms with Gasteiger partial charge in [0.15, 0.2) is 0 Å². The summed E-state index contributed by atoms with van der Waals surface area (Å²) in [5.74, 6) is 1.54. The summed E-state index contributed by atoms with van der Waals surface area (Å²) < 4.78 is 11.5. The SMILES string of the molecule is c1cncc(COc2cccc(OCc3cccnc3)c2)c1. The number of hydrogen-bond donors (Lipinski definition) is 0. The summed E-state index contributed by atoms with van der Waals surface area (Å²) in [6.07, 6.45) is 7.08. The number of aromatic nitrogens is 2. The van der Waals surface area contributed by atoms with E-state index in [1.54, 1.807) is 24.8 Å². The van der Waals surface area contributed by atoms with Gasteiger partial charge >= 0.3 is 0 Å². The molecule has 110 valence electrons. The summed E-state index contributed by atoms with van der Waals surface area (Å²) >= 11 is 0. The van der Waals surface area contributed by atoms with Crippen molar-refractivity contribution in [2.75, 3.05) is 0 Å². The van der Waals surface area contributed by atoms with Crippen LogP contribution in [0.1, 0.15) is 11.1 Å². The molecule has 2 heterocycles. The molecular formula is C18H16N2O2. The topological polar surface area (TPSA) is 44.2 Å². The predicted octanol–water partition coefficient (Wildman–Crippen LogP) is 3.63. The summed E-state index contributed by atoms with van der Waals surface area (Å²) in [7, 11) is 0. The quantitative estimate of drug-likeness (QED) is 0.696. The molecule has 0 radical (unpaired) electrons. The van der Waals surface area contributed by atoms with Crippen LogP contribution in [0.15, 0.2) is 73.3 Å². The van der Waals surface area contributed by atoms with E-state index in [-0.39, 0.29) is 0 Å². The first kappa shape index (κ1) is 14.1. The average molecular weight is 292 g/mol. The van der Waals surface area contributed by atoms with Gasteiger partial charge < -0.3 is 9.47 Å². The minimum atomic E-state index is 0.486. The molecule has 2 aromatic heterocycles. The first-order valence-electron chi connectivity index (χ1n) is 7.03. The van der Waals surface area contributed by atoms with E-state index in [2.05, 4.69) is 9.97 Å². The fourth-order valence-electron chi connectivity index (χ4n) is 1.95. The predicted molar refractivity (Wildman–Crippen MR) is 83.6 cm³/mol. The largest absolute Gasteiger partial charge is 0.489 e. The molecule has 0 amide bonds. The highest BCUT2D eigenvalue weighted by molar-refractivity contribution is 5.33.